The Hall–Kier alpha value is -0.320. The van der Waals surface area contributed by atoms with Crippen LogP contribution in [0.2, 0.25) is 0 Å². The fourth-order valence-electron chi connectivity index (χ4n) is 8.61. The molecule has 324 valence electrons. The molecule has 0 bridgehead atoms. The number of likely N-dealkylation sites (N-methyl/N-ethyl adjacent to an activating group) is 2. The third kappa shape index (κ3) is 11.9. The van der Waals surface area contributed by atoms with Crippen molar-refractivity contribution in [2.75, 3.05) is 47.9 Å². The molecule has 18 atom stereocenters. The van der Waals surface area contributed by atoms with Crippen molar-refractivity contribution in [2.45, 2.75) is 176 Å². The van der Waals surface area contributed by atoms with Gasteiger partial charge in [-0.15, -0.1) is 0 Å². The highest BCUT2D eigenvalue weighted by molar-refractivity contribution is 14.1. The van der Waals surface area contributed by atoms with E-state index in [1.807, 2.05) is 69.4 Å². The number of hydrogen-bond donors (Lipinski definition) is 5. The average Bonchev–Trinajstić information content (AvgIpc) is 3.10. The van der Waals surface area contributed by atoms with E-state index >= 15 is 0 Å². The van der Waals surface area contributed by atoms with Crippen molar-refractivity contribution < 1.29 is 58.4 Å². The molecule has 0 aromatic carbocycles. The first-order valence-corrected chi connectivity index (χ1v) is 21.2. The lowest BCUT2D eigenvalue weighted by molar-refractivity contribution is -0.321. The molecule has 0 saturated carbocycles. The number of rotatable bonds is 10. The summed E-state index contributed by atoms with van der Waals surface area (Å²) < 4.78 is 43.5. The maximum absolute atomic E-state index is 14.2. The van der Waals surface area contributed by atoms with Gasteiger partial charge in [-0.2, -0.15) is 0 Å². The molecule has 0 radical (unpaired) electrons. The van der Waals surface area contributed by atoms with Crippen molar-refractivity contribution in [3.63, 3.8) is 0 Å². The Kier molecular flexibility index (Phi) is 18.1. The number of esters is 1. The Bertz CT molecular complexity index is 1200. The molecule has 3 aliphatic rings. The fraction of sp³-hybridized carbons (Fsp3) is 0.974. The van der Waals surface area contributed by atoms with Gasteiger partial charge in [-0.3, -0.25) is 4.79 Å². The summed E-state index contributed by atoms with van der Waals surface area (Å²) in [4.78, 5) is 18.2. The van der Waals surface area contributed by atoms with Gasteiger partial charge in [0.15, 0.2) is 16.7 Å². The number of ether oxygens (including phenoxy) is 7. The van der Waals surface area contributed by atoms with Crippen LogP contribution in [0.15, 0.2) is 0 Å². The average molecular weight is 904 g/mol. The Morgan fingerprint density at radius 3 is 2.20 bits per heavy atom. The molecular weight excluding hydrogens is 829 g/mol. The van der Waals surface area contributed by atoms with E-state index in [9.17, 15) is 25.2 Å². The van der Waals surface area contributed by atoms with E-state index in [-0.39, 0.29) is 30.9 Å². The number of nitrogens with two attached hydrogens (primary N) is 1. The zero-order chi connectivity index (χ0) is 41.8. The number of aliphatic hydroxyl groups is 4. The van der Waals surface area contributed by atoms with Gasteiger partial charge in [-0.05, 0) is 124 Å². The van der Waals surface area contributed by atoms with Gasteiger partial charge in [0.2, 0.25) is 0 Å². The molecular formula is C39H74IN3O12. The summed E-state index contributed by atoms with van der Waals surface area (Å²) in [5, 5.41) is 46.7. The van der Waals surface area contributed by atoms with E-state index in [0.29, 0.717) is 32.5 Å². The summed E-state index contributed by atoms with van der Waals surface area (Å²) in [7, 11) is 7.35. The maximum Gasteiger partial charge on any atom is 0.312 e. The van der Waals surface area contributed by atoms with Crippen molar-refractivity contribution >= 4 is 28.6 Å². The quantitative estimate of drug-likeness (QED) is 0.0927. The number of nitrogens with zero attached hydrogens (tertiary/aromatic N) is 2. The van der Waals surface area contributed by atoms with Crippen LogP contribution in [0.1, 0.15) is 88.0 Å². The van der Waals surface area contributed by atoms with Crippen molar-refractivity contribution in [2.24, 2.45) is 23.5 Å². The van der Waals surface area contributed by atoms with E-state index in [2.05, 4.69) is 4.90 Å². The first-order valence-electron chi connectivity index (χ1n) is 19.9. The molecule has 0 amide bonds. The second-order valence-corrected chi connectivity index (χ2v) is 18.7. The van der Waals surface area contributed by atoms with Crippen molar-refractivity contribution in [3.8, 4) is 0 Å². The van der Waals surface area contributed by atoms with Gasteiger partial charge in [0.05, 0.1) is 41.5 Å². The summed E-state index contributed by atoms with van der Waals surface area (Å²) in [5.41, 5.74) is 1.47. The summed E-state index contributed by atoms with van der Waals surface area (Å²) in [6.45, 7) is 17.3. The molecule has 6 N–H and O–H groups in total. The number of hydrogen-bond acceptors (Lipinski definition) is 15. The van der Waals surface area contributed by atoms with Gasteiger partial charge < -0.3 is 69.1 Å². The second-order valence-electron chi connectivity index (χ2n) is 17.6. The molecule has 0 spiro atoms. The molecule has 55 heavy (non-hydrogen) atoms. The summed E-state index contributed by atoms with van der Waals surface area (Å²) in [5.74, 6) is -2.53. The molecule has 0 aromatic rings. The van der Waals surface area contributed by atoms with Gasteiger partial charge in [0.1, 0.15) is 23.9 Å². The summed E-state index contributed by atoms with van der Waals surface area (Å²) in [6.07, 6.45) is -5.71. The molecule has 15 nitrogen and oxygen atoms in total. The van der Waals surface area contributed by atoms with Gasteiger partial charge in [-0.1, -0.05) is 13.8 Å². The summed E-state index contributed by atoms with van der Waals surface area (Å²) in [6, 6.07) is -0.607. The lowest BCUT2D eigenvalue weighted by atomic mass is 9.77. The lowest BCUT2D eigenvalue weighted by Crippen LogP contribution is -2.61. The van der Waals surface area contributed by atoms with Crippen molar-refractivity contribution in [3.05, 3.63) is 0 Å². The van der Waals surface area contributed by atoms with E-state index in [0.717, 1.165) is 0 Å². The first-order chi connectivity index (χ1) is 25.4. The highest BCUT2D eigenvalue weighted by Gasteiger charge is 2.53. The van der Waals surface area contributed by atoms with E-state index in [4.69, 9.17) is 38.9 Å². The molecule has 3 heterocycles. The number of cyclic esters (lactones) is 1. The van der Waals surface area contributed by atoms with E-state index in [1.54, 1.807) is 34.6 Å². The number of carbonyl (C=O) groups is 1. The van der Waals surface area contributed by atoms with Crippen LogP contribution >= 0.6 is 22.6 Å². The van der Waals surface area contributed by atoms with Crippen molar-refractivity contribution in [1.82, 2.24) is 9.80 Å². The molecule has 3 saturated heterocycles. The third-order valence-corrected chi connectivity index (χ3v) is 13.8. The maximum atomic E-state index is 14.2. The minimum Gasteiger partial charge on any atom is -0.448 e. The number of aliphatic hydroxyl groups excluding tert-OH is 2. The van der Waals surface area contributed by atoms with E-state index < -0.39 is 94.0 Å². The molecule has 0 aliphatic carbocycles. The standard InChI is InChI=1S/C39H74IN3O12/c1-21-18-37(7,47)33(54-35-30(50-16-14-15-41)27(42(10)11)17-22(2)51-35)23(3)29(53-28-19-38(8,49-13)32(45)26(6)52-28)24(4)34(46)55-36(40)39(9,48)31(44)25(5)43(12)20-21/h21-33,35-36,44-45,47-48H,14-20,41H2,1-13H3/t21-,22-,23+,24-,25-,26+,27+,28+,29+,30-,31-,32+,33-,35+,36+,37-,38-,39+/m1/s1. The van der Waals surface area contributed by atoms with Gasteiger partial charge in [-0.25, -0.2) is 0 Å². The van der Waals surface area contributed by atoms with Gasteiger partial charge in [0.25, 0.3) is 0 Å². The highest BCUT2D eigenvalue weighted by Crippen LogP contribution is 2.40. The van der Waals surface area contributed by atoms with Crippen LogP contribution in [0, 0.1) is 17.8 Å². The Morgan fingerprint density at radius 1 is 0.982 bits per heavy atom. The monoisotopic (exact) mass is 903 g/mol. The van der Waals surface area contributed by atoms with Crippen LogP contribution < -0.4 is 5.73 Å². The second kappa shape index (κ2) is 20.3. The number of methoxy groups -OCH3 is 1. The molecule has 16 heteroatoms. The van der Waals surface area contributed by atoms with Gasteiger partial charge >= 0.3 is 5.97 Å². The van der Waals surface area contributed by atoms with Crippen molar-refractivity contribution in [1.29, 1.82) is 0 Å². The zero-order valence-corrected chi connectivity index (χ0v) is 37.7. The minimum absolute atomic E-state index is 0.0703. The summed E-state index contributed by atoms with van der Waals surface area (Å²) >= 11 is 1.84. The number of alkyl halides is 1. The van der Waals surface area contributed by atoms with Crippen LogP contribution in [0.25, 0.3) is 0 Å². The number of carbonyl (C=O) groups excluding carboxylic acids is 1. The normalized spacial score (nSPS) is 47.6. The van der Waals surface area contributed by atoms with E-state index in [1.165, 1.54) is 14.0 Å². The smallest absolute Gasteiger partial charge is 0.312 e. The number of halogens is 1. The lowest BCUT2D eigenvalue weighted by Gasteiger charge is -2.49. The minimum atomic E-state index is -1.82. The van der Waals surface area contributed by atoms with Gasteiger partial charge in [0, 0.05) is 44.7 Å². The molecule has 3 rings (SSSR count). The van der Waals surface area contributed by atoms with Crippen LogP contribution in [-0.4, -0.2) is 172 Å². The molecule has 0 unspecified atom stereocenters. The topological polar surface area (TPSA) is 195 Å². The predicted molar refractivity (Wildman–Crippen MR) is 215 cm³/mol. The van der Waals surface area contributed by atoms with Crippen LogP contribution in [-0.2, 0) is 38.0 Å². The SMILES string of the molecule is CO[C@]1(C)C[C@H](O[C@H]2[C@H](C)[C@@H](O[C@@H]3O[C@H](C)C[C@H](N(C)C)[C@H]3OCCCN)[C@](C)(O)C[C@@H](C)CN(C)[C@H](C)[C@@H](O)[C@](C)(O)[C@@H](I)OC(=O)[C@@H]2C)O[C@@H](C)[C@@H]1O. The largest absolute Gasteiger partial charge is 0.448 e. The highest BCUT2D eigenvalue weighted by atomic mass is 127. The third-order valence-electron chi connectivity index (χ3n) is 12.2. The molecule has 3 aliphatic heterocycles. The fourth-order valence-corrected chi connectivity index (χ4v) is 9.23. The van der Waals surface area contributed by atoms with Crippen LogP contribution in [0.5, 0.6) is 0 Å². The zero-order valence-electron chi connectivity index (χ0n) is 35.5. The predicted octanol–water partition coefficient (Wildman–Crippen LogP) is 2.26. The Balaban J connectivity index is 2.19. The van der Waals surface area contributed by atoms with Crippen LogP contribution in [0.3, 0.4) is 0 Å². The molecule has 3 fully saturated rings. The Labute approximate surface area is 343 Å². The van der Waals surface area contributed by atoms with Crippen LogP contribution in [0.4, 0.5) is 0 Å². The molecule has 0 aromatic heterocycles. The Morgan fingerprint density at radius 2 is 1.62 bits per heavy atom. The first kappa shape index (κ1) is 49.0.